The second-order valence-corrected chi connectivity index (χ2v) is 5.92. The van der Waals surface area contributed by atoms with Crippen LogP contribution in [0, 0.1) is 12.3 Å². The number of carbonyl (C=O) groups is 1. The summed E-state index contributed by atoms with van der Waals surface area (Å²) < 4.78 is 7.98. The molecule has 0 saturated heterocycles. The van der Waals surface area contributed by atoms with Gasteiger partial charge in [-0.1, -0.05) is 30.3 Å². The van der Waals surface area contributed by atoms with Crippen molar-refractivity contribution in [1.29, 1.82) is 5.41 Å². The van der Waals surface area contributed by atoms with E-state index >= 15 is 0 Å². The Kier molecular flexibility index (Phi) is 4.27. The van der Waals surface area contributed by atoms with E-state index in [0.29, 0.717) is 17.4 Å². The summed E-state index contributed by atoms with van der Waals surface area (Å²) in [6.45, 7) is 2.22. The third-order valence-electron chi connectivity index (χ3n) is 4.38. The Morgan fingerprint density at radius 3 is 2.52 bits per heavy atom. The van der Waals surface area contributed by atoms with Crippen molar-refractivity contribution in [2.24, 2.45) is 7.05 Å². The van der Waals surface area contributed by atoms with Crippen LogP contribution in [0.15, 0.2) is 47.3 Å². The highest BCUT2D eigenvalue weighted by molar-refractivity contribution is 5.93. The number of carbonyl (C=O) groups excluding carboxylic acids is 1. The van der Waals surface area contributed by atoms with Crippen LogP contribution in [0.1, 0.15) is 21.6 Å². The van der Waals surface area contributed by atoms with Gasteiger partial charge in [-0.15, -0.1) is 0 Å². The normalized spacial score (nSPS) is 10.8. The molecule has 0 spiro atoms. The van der Waals surface area contributed by atoms with Crippen molar-refractivity contribution in [2.75, 3.05) is 7.11 Å². The van der Waals surface area contributed by atoms with Crippen molar-refractivity contribution >= 4 is 16.9 Å². The monoisotopic (exact) mass is 337 g/mol. The van der Waals surface area contributed by atoms with Crippen LogP contribution in [0.3, 0.4) is 0 Å². The van der Waals surface area contributed by atoms with Crippen LogP contribution in [-0.2, 0) is 18.3 Å². The predicted octanol–water partition coefficient (Wildman–Crippen LogP) is 1.96. The summed E-state index contributed by atoms with van der Waals surface area (Å²) in [5.41, 5.74) is 2.28. The minimum Gasteiger partial charge on any atom is -0.465 e. The van der Waals surface area contributed by atoms with Gasteiger partial charge in [0.1, 0.15) is 11.1 Å². The molecule has 0 fully saturated rings. The maximum absolute atomic E-state index is 12.7. The van der Waals surface area contributed by atoms with Gasteiger partial charge in [0.25, 0.3) is 5.56 Å². The van der Waals surface area contributed by atoms with E-state index in [9.17, 15) is 9.59 Å². The molecule has 3 rings (SSSR count). The number of methoxy groups -OCH3 is 1. The zero-order valence-electron chi connectivity index (χ0n) is 14.4. The lowest BCUT2D eigenvalue weighted by Gasteiger charge is -2.16. The maximum Gasteiger partial charge on any atom is 0.341 e. The molecule has 128 valence electrons. The first-order chi connectivity index (χ1) is 11.9. The zero-order valence-corrected chi connectivity index (χ0v) is 14.4. The van der Waals surface area contributed by atoms with Crippen LogP contribution in [0.5, 0.6) is 0 Å². The van der Waals surface area contributed by atoms with Crippen LogP contribution in [0.2, 0.25) is 0 Å². The van der Waals surface area contributed by atoms with E-state index < -0.39 is 5.97 Å². The summed E-state index contributed by atoms with van der Waals surface area (Å²) in [5, 5.41) is 8.85. The second-order valence-electron chi connectivity index (χ2n) is 5.92. The molecule has 3 aromatic rings. The lowest BCUT2D eigenvalue weighted by atomic mass is 10.1. The van der Waals surface area contributed by atoms with Gasteiger partial charge in [0.05, 0.1) is 18.0 Å². The largest absolute Gasteiger partial charge is 0.465 e. The first kappa shape index (κ1) is 16.7. The third kappa shape index (κ3) is 2.87. The number of ether oxygens (including phenoxy) is 1. The summed E-state index contributed by atoms with van der Waals surface area (Å²) in [7, 11) is 2.95. The van der Waals surface area contributed by atoms with Crippen LogP contribution >= 0.6 is 0 Å². The number of aryl methyl sites for hydroxylation is 1. The number of nitrogens with one attached hydrogen (secondary N) is 1. The number of nitrogens with zero attached hydrogens (tertiary/aromatic N) is 2. The predicted molar refractivity (Wildman–Crippen MR) is 94.7 cm³/mol. The highest BCUT2D eigenvalue weighted by Gasteiger charge is 2.17. The van der Waals surface area contributed by atoms with E-state index in [4.69, 9.17) is 10.1 Å². The van der Waals surface area contributed by atoms with Crippen LogP contribution < -0.4 is 11.0 Å². The summed E-state index contributed by atoms with van der Waals surface area (Å²) in [6.07, 6.45) is 0. The number of fused-ring (bicyclic) bond motifs is 1. The van der Waals surface area contributed by atoms with Crippen molar-refractivity contribution in [1.82, 2.24) is 9.13 Å². The average molecular weight is 337 g/mol. The van der Waals surface area contributed by atoms with Crippen LogP contribution in [0.4, 0.5) is 0 Å². The van der Waals surface area contributed by atoms with Gasteiger partial charge in [0.2, 0.25) is 0 Å². The quantitative estimate of drug-likeness (QED) is 0.742. The smallest absolute Gasteiger partial charge is 0.341 e. The zero-order chi connectivity index (χ0) is 18.1. The molecule has 0 saturated carbocycles. The molecule has 2 aromatic heterocycles. The average Bonchev–Trinajstić information content (AvgIpc) is 2.62. The van der Waals surface area contributed by atoms with E-state index in [0.717, 1.165) is 11.3 Å². The fraction of sp³-hybridized carbons (Fsp3) is 0.211. The lowest BCUT2D eigenvalue weighted by molar-refractivity contribution is 0.0597. The fourth-order valence-corrected chi connectivity index (χ4v) is 2.86. The first-order valence-electron chi connectivity index (χ1n) is 7.85. The van der Waals surface area contributed by atoms with E-state index in [-0.39, 0.29) is 16.6 Å². The maximum atomic E-state index is 12.7. The Labute approximate surface area is 144 Å². The fourth-order valence-electron chi connectivity index (χ4n) is 2.86. The van der Waals surface area contributed by atoms with Gasteiger partial charge in [-0.25, -0.2) is 4.79 Å². The van der Waals surface area contributed by atoms with Gasteiger partial charge in [-0.05, 0) is 24.6 Å². The summed E-state index contributed by atoms with van der Waals surface area (Å²) in [6, 6.07) is 12.9. The Balaban J connectivity index is 2.39. The number of hydrogen-bond donors (Lipinski definition) is 1. The Morgan fingerprint density at radius 2 is 1.88 bits per heavy atom. The molecule has 2 heterocycles. The summed E-state index contributed by atoms with van der Waals surface area (Å²) in [4.78, 5) is 24.7. The van der Waals surface area contributed by atoms with Crippen LogP contribution in [0.25, 0.3) is 10.9 Å². The number of hydrogen-bond acceptors (Lipinski definition) is 4. The van der Waals surface area contributed by atoms with Crippen molar-refractivity contribution in [3.63, 3.8) is 0 Å². The molecule has 1 N–H and O–H groups in total. The van der Waals surface area contributed by atoms with Gasteiger partial charge in [-0.3, -0.25) is 10.2 Å². The van der Waals surface area contributed by atoms with E-state index in [1.54, 1.807) is 11.6 Å². The van der Waals surface area contributed by atoms with Crippen molar-refractivity contribution in [2.45, 2.75) is 13.5 Å². The molecule has 0 amide bonds. The standard InChI is InChI=1S/C19H19N3O3/c1-12-9-16-14(18(23)21(12)2)10-15(19(24)25-3)17(20)22(16)11-13-7-5-4-6-8-13/h4-10,20H,11H2,1-3H3. The Morgan fingerprint density at radius 1 is 1.20 bits per heavy atom. The molecule has 25 heavy (non-hydrogen) atoms. The van der Waals surface area contributed by atoms with Gasteiger partial charge in [0, 0.05) is 19.3 Å². The Bertz CT molecular complexity index is 1080. The summed E-state index contributed by atoms with van der Waals surface area (Å²) in [5.74, 6) is -0.628. The van der Waals surface area contributed by atoms with Crippen molar-refractivity contribution < 1.29 is 9.53 Å². The van der Waals surface area contributed by atoms with E-state index in [1.807, 2.05) is 43.3 Å². The Hall–Kier alpha value is -3.15. The SMILES string of the molecule is COC(=O)c1cc2c(=O)n(C)c(C)cc2n(Cc2ccccc2)c1=N. The number of aromatic nitrogens is 2. The molecule has 0 radical (unpaired) electrons. The lowest BCUT2D eigenvalue weighted by Crippen LogP contribution is -2.31. The molecule has 0 aliphatic rings. The van der Waals surface area contributed by atoms with Crippen molar-refractivity contribution in [3.05, 3.63) is 75.1 Å². The highest BCUT2D eigenvalue weighted by atomic mass is 16.5. The van der Waals surface area contributed by atoms with Gasteiger partial charge in [0.15, 0.2) is 0 Å². The molecule has 0 aliphatic carbocycles. The number of esters is 1. The molecule has 0 unspecified atom stereocenters. The van der Waals surface area contributed by atoms with Crippen molar-refractivity contribution in [3.8, 4) is 0 Å². The minimum absolute atomic E-state index is 0.0239. The second kappa shape index (κ2) is 6.39. The van der Waals surface area contributed by atoms with Gasteiger partial charge in [-0.2, -0.15) is 0 Å². The number of rotatable bonds is 3. The topological polar surface area (TPSA) is 77.1 Å². The molecule has 0 bridgehead atoms. The molecule has 0 atom stereocenters. The molecule has 6 nitrogen and oxygen atoms in total. The molecule has 1 aromatic carbocycles. The first-order valence-corrected chi connectivity index (χ1v) is 7.85. The number of pyridine rings is 2. The van der Waals surface area contributed by atoms with Gasteiger partial charge >= 0.3 is 5.97 Å². The molecule has 0 aliphatic heterocycles. The molecular weight excluding hydrogens is 318 g/mol. The third-order valence-corrected chi connectivity index (χ3v) is 4.38. The van der Waals surface area contributed by atoms with E-state index in [2.05, 4.69) is 0 Å². The minimum atomic E-state index is -0.628. The molecular formula is C19H19N3O3. The van der Waals surface area contributed by atoms with E-state index in [1.165, 1.54) is 17.7 Å². The van der Waals surface area contributed by atoms with Gasteiger partial charge < -0.3 is 13.9 Å². The number of benzene rings is 1. The molecule has 6 heteroatoms. The van der Waals surface area contributed by atoms with Crippen LogP contribution in [-0.4, -0.2) is 22.2 Å². The highest BCUT2D eigenvalue weighted by Crippen LogP contribution is 2.14. The summed E-state index contributed by atoms with van der Waals surface area (Å²) >= 11 is 0.